The van der Waals surface area contributed by atoms with Gasteiger partial charge >= 0.3 is 5.97 Å². The molecule has 1 fully saturated rings. The van der Waals surface area contributed by atoms with Crippen LogP contribution in [0.1, 0.15) is 41.6 Å². The molecule has 0 bridgehead atoms. The zero-order valence-corrected chi connectivity index (χ0v) is 10.1. The first kappa shape index (κ1) is 10.6. The number of methoxy groups -OCH3 is 1. The first-order valence-electron chi connectivity index (χ1n) is 6.22. The number of hydrogen-bond donors (Lipinski definition) is 1. The van der Waals surface area contributed by atoms with Gasteiger partial charge in [0.15, 0.2) is 0 Å². The fraction of sp³-hybridized carbons (Fsp3) is 0.500. The van der Waals surface area contributed by atoms with E-state index < -0.39 is 0 Å². The van der Waals surface area contributed by atoms with Gasteiger partial charge in [0.2, 0.25) is 0 Å². The largest absolute Gasteiger partial charge is 0.465 e. The Balaban J connectivity index is 2.04. The Labute approximate surface area is 101 Å². The summed E-state index contributed by atoms with van der Waals surface area (Å²) in [5, 5.41) is 3.46. The summed E-state index contributed by atoms with van der Waals surface area (Å²) >= 11 is 0. The summed E-state index contributed by atoms with van der Waals surface area (Å²) in [6.45, 7) is 1.02. The van der Waals surface area contributed by atoms with Crippen LogP contribution in [0.3, 0.4) is 0 Å². The Morgan fingerprint density at radius 3 is 2.82 bits per heavy atom. The molecule has 0 amide bonds. The summed E-state index contributed by atoms with van der Waals surface area (Å²) < 4.78 is 4.79. The summed E-state index contributed by atoms with van der Waals surface area (Å²) in [4.78, 5) is 11.6. The molecule has 0 saturated heterocycles. The van der Waals surface area contributed by atoms with E-state index in [4.69, 9.17) is 4.74 Å². The molecule has 3 rings (SSSR count). The van der Waals surface area contributed by atoms with Gasteiger partial charge in [0, 0.05) is 17.6 Å². The molecule has 0 atom stereocenters. The zero-order chi connectivity index (χ0) is 11.9. The lowest BCUT2D eigenvalue weighted by molar-refractivity contribution is 0.0600. The van der Waals surface area contributed by atoms with Crippen molar-refractivity contribution < 1.29 is 9.53 Å². The smallest absolute Gasteiger partial charge is 0.337 e. The SMILES string of the molecule is COC(=O)c1ccc2c(c1)C1(CCCC1)CN2. The summed E-state index contributed by atoms with van der Waals surface area (Å²) in [6.07, 6.45) is 5.06. The van der Waals surface area contributed by atoms with Gasteiger partial charge in [-0.3, -0.25) is 0 Å². The van der Waals surface area contributed by atoms with Crippen LogP contribution in [-0.2, 0) is 10.2 Å². The highest BCUT2D eigenvalue weighted by Crippen LogP contribution is 2.48. The molecule has 90 valence electrons. The number of nitrogens with one attached hydrogen (secondary N) is 1. The van der Waals surface area contributed by atoms with E-state index in [9.17, 15) is 4.79 Å². The summed E-state index contributed by atoms with van der Waals surface area (Å²) in [6, 6.07) is 5.87. The molecule has 3 nitrogen and oxygen atoms in total. The normalized spacial score (nSPS) is 20.1. The molecule has 1 heterocycles. The highest BCUT2D eigenvalue weighted by atomic mass is 16.5. The van der Waals surface area contributed by atoms with Crippen molar-refractivity contribution in [2.75, 3.05) is 19.0 Å². The van der Waals surface area contributed by atoms with Gasteiger partial charge in [-0.1, -0.05) is 12.8 Å². The number of fused-ring (bicyclic) bond motifs is 2. The van der Waals surface area contributed by atoms with Gasteiger partial charge in [-0.25, -0.2) is 4.79 Å². The molecule has 3 heteroatoms. The molecule has 17 heavy (non-hydrogen) atoms. The van der Waals surface area contributed by atoms with E-state index in [0.717, 1.165) is 6.54 Å². The van der Waals surface area contributed by atoms with Crippen LogP contribution in [0.25, 0.3) is 0 Å². The first-order chi connectivity index (χ1) is 8.25. The molecular formula is C14H17NO2. The Bertz CT molecular complexity index is 461. The number of benzene rings is 1. The van der Waals surface area contributed by atoms with Crippen molar-refractivity contribution in [1.29, 1.82) is 0 Å². The van der Waals surface area contributed by atoms with Gasteiger partial charge in [0.1, 0.15) is 0 Å². The van der Waals surface area contributed by atoms with Crippen molar-refractivity contribution >= 4 is 11.7 Å². The molecule has 2 aliphatic rings. The van der Waals surface area contributed by atoms with Crippen LogP contribution in [0, 0.1) is 0 Å². The zero-order valence-electron chi connectivity index (χ0n) is 10.1. The molecule has 1 aliphatic heterocycles. The van der Waals surface area contributed by atoms with E-state index in [0.29, 0.717) is 5.56 Å². The van der Waals surface area contributed by atoms with Crippen molar-refractivity contribution in [2.24, 2.45) is 0 Å². The van der Waals surface area contributed by atoms with Crippen molar-refractivity contribution in [1.82, 2.24) is 0 Å². The molecule has 1 aliphatic carbocycles. The summed E-state index contributed by atoms with van der Waals surface area (Å²) in [5.74, 6) is -0.243. The van der Waals surface area contributed by atoms with Gasteiger partial charge in [-0.2, -0.15) is 0 Å². The fourth-order valence-corrected chi connectivity index (χ4v) is 3.24. The van der Waals surface area contributed by atoms with E-state index in [2.05, 4.69) is 5.32 Å². The predicted molar refractivity (Wildman–Crippen MR) is 66.4 cm³/mol. The number of ether oxygens (including phenoxy) is 1. The second-order valence-electron chi connectivity index (χ2n) is 5.09. The third-order valence-electron chi connectivity index (χ3n) is 4.19. The minimum absolute atomic E-state index is 0.243. The van der Waals surface area contributed by atoms with Crippen LogP contribution < -0.4 is 5.32 Å². The maximum Gasteiger partial charge on any atom is 0.337 e. The molecule has 1 spiro atoms. The van der Waals surface area contributed by atoms with Crippen LogP contribution in [0.15, 0.2) is 18.2 Å². The van der Waals surface area contributed by atoms with Crippen molar-refractivity contribution in [3.8, 4) is 0 Å². The predicted octanol–water partition coefficient (Wildman–Crippen LogP) is 2.71. The second-order valence-corrected chi connectivity index (χ2v) is 5.09. The van der Waals surface area contributed by atoms with E-state index in [1.54, 1.807) is 0 Å². The van der Waals surface area contributed by atoms with Crippen LogP contribution in [-0.4, -0.2) is 19.6 Å². The average Bonchev–Trinajstić information content (AvgIpc) is 2.98. The number of esters is 1. The van der Waals surface area contributed by atoms with Crippen molar-refractivity contribution in [3.63, 3.8) is 0 Å². The van der Waals surface area contributed by atoms with Crippen LogP contribution in [0.5, 0.6) is 0 Å². The van der Waals surface area contributed by atoms with Crippen LogP contribution in [0.2, 0.25) is 0 Å². The minimum atomic E-state index is -0.243. The molecule has 0 radical (unpaired) electrons. The third-order valence-corrected chi connectivity index (χ3v) is 4.19. The molecule has 1 aromatic rings. The lowest BCUT2D eigenvalue weighted by atomic mass is 9.80. The summed E-state index contributed by atoms with van der Waals surface area (Å²) in [5.41, 5.74) is 3.46. The van der Waals surface area contributed by atoms with Crippen LogP contribution >= 0.6 is 0 Å². The highest BCUT2D eigenvalue weighted by Gasteiger charge is 2.41. The molecule has 0 unspecified atom stereocenters. The standard InChI is InChI=1S/C14H17NO2/c1-17-13(16)10-4-5-12-11(8-10)14(9-15-12)6-2-3-7-14/h4-5,8,15H,2-3,6-7,9H2,1H3. The lowest BCUT2D eigenvalue weighted by Gasteiger charge is -2.22. The molecule has 1 aromatic carbocycles. The third kappa shape index (κ3) is 1.53. The van der Waals surface area contributed by atoms with Gasteiger partial charge in [-0.15, -0.1) is 0 Å². The Kier molecular flexibility index (Phi) is 2.35. The number of hydrogen-bond acceptors (Lipinski definition) is 3. The van der Waals surface area contributed by atoms with E-state index in [1.165, 1.54) is 44.0 Å². The average molecular weight is 231 g/mol. The van der Waals surface area contributed by atoms with Gasteiger partial charge < -0.3 is 10.1 Å². The summed E-state index contributed by atoms with van der Waals surface area (Å²) in [7, 11) is 1.43. The maximum atomic E-state index is 11.6. The highest BCUT2D eigenvalue weighted by molar-refractivity contribution is 5.90. The first-order valence-corrected chi connectivity index (χ1v) is 6.22. The number of carbonyl (C=O) groups excluding carboxylic acids is 1. The maximum absolute atomic E-state index is 11.6. The van der Waals surface area contributed by atoms with Gasteiger partial charge in [-0.05, 0) is 36.6 Å². The fourth-order valence-electron chi connectivity index (χ4n) is 3.24. The van der Waals surface area contributed by atoms with Crippen molar-refractivity contribution in [3.05, 3.63) is 29.3 Å². The Morgan fingerprint density at radius 2 is 2.12 bits per heavy atom. The molecule has 1 saturated carbocycles. The lowest BCUT2D eigenvalue weighted by Crippen LogP contribution is -2.24. The van der Waals surface area contributed by atoms with Gasteiger partial charge in [0.25, 0.3) is 0 Å². The van der Waals surface area contributed by atoms with E-state index in [1.807, 2.05) is 18.2 Å². The quantitative estimate of drug-likeness (QED) is 0.755. The monoisotopic (exact) mass is 231 g/mol. The van der Waals surface area contributed by atoms with E-state index >= 15 is 0 Å². The Hall–Kier alpha value is -1.51. The number of carbonyl (C=O) groups is 1. The molecule has 1 N–H and O–H groups in total. The van der Waals surface area contributed by atoms with Crippen LogP contribution in [0.4, 0.5) is 5.69 Å². The number of rotatable bonds is 1. The second kappa shape index (κ2) is 3.76. The Morgan fingerprint density at radius 1 is 1.35 bits per heavy atom. The van der Waals surface area contributed by atoms with Crippen molar-refractivity contribution in [2.45, 2.75) is 31.1 Å². The molecular weight excluding hydrogens is 214 g/mol. The van der Waals surface area contributed by atoms with Gasteiger partial charge in [0.05, 0.1) is 12.7 Å². The molecule has 0 aromatic heterocycles. The number of anilines is 1. The van der Waals surface area contributed by atoms with E-state index in [-0.39, 0.29) is 11.4 Å². The minimum Gasteiger partial charge on any atom is -0.465 e. The topological polar surface area (TPSA) is 38.3 Å².